The number of hydrazone groups is 1. The molecule has 3 nitrogen and oxygen atoms in total. The van der Waals surface area contributed by atoms with Crippen molar-refractivity contribution in [2.24, 2.45) is 5.10 Å². The third kappa shape index (κ3) is 3.30. The molecule has 19 heavy (non-hydrogen) atoms. The van der Waals surface area contributed by atoms with Crippen LogP contribution in [0.15, 0.2) is 22.6 Å². The van der Waals surface area contributed by atoms with Crippen LogP contribution >= 0.6 is 22.7 Å². The molecule has 100 valence electrons. The van der Waals surface area contributed by atoms with Gasteiger partial charge in [0.05, 0.1) is 11.8 Å². The van der Waals surface area contributed by atoms with E-state index in [-0.39, 0.29) is 5.91 Å². The summed E-state index contributed by atoms with van der Waals surface area (Å²) in [5.74, 6) is -0.134. The third-order valence-electron chi connectivity index (χ3n) is 2.82. The SMILES string of the molecule is CCc1c(C(=O)NN=Cc2ccc(C)s2)csc1C. The van der Waals surface area contributed by atoms with Crippen molar-refractivity contribution in [1.82, 2.24) is 5.43 Å². The highest BCUT2D eigenvalue weighted by Crippen LogP contribution is 2.22. The molecule has 0 bridgehead atoms. The lowest BCUT2D eigenvalue weighted by atomic mass is 10.1. The smallest absolute Gasteiger partial charge is 0.267 e. The van der Waals surface area contributed by atoms with Gasteiger partial charge in [-0.1, -0.05) is 6.92 Å². The second-order valence-corrected chi connectivity index (χ2v) is 6.59. The Hall–Kier alpha value is -1.46. The Morgan fingerprint density at radius 1 is 1.42 bits per heavy atom. The molecule has 0 spiro atoms. The van der Waals surface area contributed by atoms with Gasteiger partial charge in [0.25, 0.3) is 5.91 Å². The molecule has 0 aliphatic rings. The summed E-state index contributed by atoms with van der Waals surface area (Å²) >= 11 is 3.25. The molecule has 0 radical (unpaired) electrons. The van der Waals surface area contributed by atoms with E-state index in [4.69, 9.17) is 0 Å². The van der Waals surface area contributed by atoms with Gasteiger partial charge < -0.3 is 0 Å². The zero-order chi connectivity index (χ0) is 13.8. The van der Waals surface area contributed by atoms with Crippen molar-refractivity contribution >= 4 is 34.8 Å². The first kappa shape index (κ1) is 14.0. The normalized spacial score (nSPS) is 11.1. The molecule has 0 fully saturated rings. The Bertz CT molecular complexity index is 611. The van der Waals surface area contributed by atoms with Gasteiger partial charge in [0.2, 0.25) is 0 Å². The Labute approximate surface area is 121 Å². The molecular formula is C14H16N2OS2. The molecule has 1 amide bonds. The molecule has 2 aromatic heterocycles. The van der Waals surface area contributed by atoms with Crippen LogP contribution in [0.4, 0.5) is 0 Å². The van der Waals surface area contributed by atoms with Gasteiger partial charge in [-0.2, -0.15) is 5.10 Å². The second-order valence-electron chi connectivity index (χ2n) is 4.19. The molecule has 0 aliphatic heterocycles. The van der Waals surface area contributed by atoms with Crippen LogP contribution < -0.4 is 5.43 Å². The van der Waals surface area contributed by atoms with E-state index in [1.54, 1.807) is 28.9 Å². The zero-order valence-corrected chi connectivity index (χ0v) is 12.8. The molecule has 2 aromatic rings. The summed E-state index contributed by atoms with van der Waals surface area (Å²) in [6, 6.07) is 4.02. The highest BCUT2D eigenvalue weighted by molar-refractivity contribution is 7.13. The fourth-order valence-electron chi connectivity index (χ4n) is 1.85. The van der Waals surface area contributed by atoms with Gasteiger partial charge in [0.15, 0.2) is 0 Å². The molecule has 1 N–H and O–H groups in total. The standard InChI is InChI=1S/C14H16N2OS2/c1-4-12-10(3)18-8-13(12)14(17)16-15-7-11-6-5-9(2)19-11/h5-8H,4H2,1-3H3,(H,16,17). The van der Waals surface area contributed by atoms with E-state index >= 15 is 0 Å². The van der Waals surface area contributed by atoms with Gasteiger partial charge in [0, 0.05) is 20.0 Å². The van der Waals surface area contributed by atoms with Crippen LogP contribution in [-0.4, -0.2) is 12.1 Å². The van der Waals surface area contributed by atoms with Crippen LogP contribution in [0.2, 0.25) is 0 Å². The number of carbonyl (C=O) groups excluding carboxylic acids is 1. The lowest BCUT2D eigenvalue weighted by Gasteiger charge is -2.01. The molecule has 2 rings (SSSR count). The largest absolute Gasteiger partial charge is 0.272 e. The molecule has 2 heterocycles. The fourth-order valence-corrected chi connectivity index (χ4v) is 3.54. The van der Waals surface area contributed by atoms with Crippen LogP contribution in [0.1, 0.15) is 37.5 Å². The van der Waals surface area contributed by atoms with Gasteiger partial charge in [-0.15, -0.1) is 22.7 Å². The van der Waals surface area contributed by atoms with E-state index in [0.29, 0.717) is 0 Å². The summed E-state index contributed by atoms with van der Waals surface area (Å²) in [5.41, 5.74) is 4.44. The van der Waals surface area contributed by atoms with E-state index in [1.807, 2.05) is 31.4 Å². The van der Waals surface area contributed by atoms with E-state index in [1.165, 1.54) is 9.75 Å². The van der Waals surface area contributed by atoms with Crippen LogP contribution in [-0.2, 0) is 6.42 Å². The maximum Gasteiger partial charge on any atom is 0.272 e. The van der Waals surface area contributed by atoms with Crippen LogP contribution in [0, 0.1) is 13.8 Å². The predicted molar refractivity (Wildman–Crippen MR) is 82.6 cm³/mol. The number of carbonyl (C=O) groups is 1. The van der Waals surface area contributed by atoms with Crippen molar-refractivity contribution in [3.63, 3.8) is 0 Å². The summed E-state index contributed by atoms with van der Waals surface area (Å²) in [4.78, 5) is 15.5. The summed E-state index contributed by atoms with van der Waals surface area (Å²) < 4.78 is 0. The van der Waals surface area contributed by atoms with Crippen molar-refractivity contribution < 1.29 is 4.79 Å². The second kappa shape index (κ2) is 6.12. The van der Waals surface area contributed by atoms with Gasteiger partial charge in [-0.25, -0.2) is 5.43 Å². The lowest BCUT2D eigenvalue weighted by molar-refractivity contribution is 0.0954. The number of nitrogens with one attached hydrogen (secondary N) is 1. The van der Waals surface area contributed by atoms with Crippen molar-refractivity contribution in [2.75, 3.05) is 0 Å². The molecule has 0 atom stereocenters. The minimum absolute atomic E-state index is 0.134. The highest BCUT2D eigenvalue weighted by atomic mass is 32.1. The van der Waals surface area contributed by atoms with Crippen molar-refractivity contribution in [3.05, 3.63) is 43.3 Å². The molecule has 0 aliphatic carbocycles. The Morgan fingerprint density at radius 3 is 2.84 bits per heavy atom. The lowest BCUT2D eigenvalue weighted by Crippen LogP contribution is -2.18. The van der Waals surface area contributed by atoms with Gasteiger partial charge in [-0.05, 0) is 38.0 Å². The fraction of sp³-hybridized carbons (Fsp3) is 0.286. The minimum atomic E-state index is -0.134. The highest BCUT2D eigenvalue weighted by Gasteiger charge is 2.13. The Morgan fingerprint density at radius 2 is 2.21 bits per heavy atom. The first-order valence-electron chi connectivity index (χ1n) is 6.08. The molecule has 0 aromatic carbocycles. The quantitative estimate of drug-likeness (QED) is 0.676. The van der Waals surface area contributed by atoms with Crippen LogP contribution in [0.5, 0.6) is 0 Å². The third-order valence-corrected chi connectivity index (χ3v) is 4.71. The van der Waals surface area contributed by atoms with Crippen LogP contribution in [0.3, 0.4) is 0 Å². The number of amides is 1. The Kier molecular flexibility index (Phi) is 4.50. The number of rotatable bonds is 4. The molecule has 5 heteroatoms. The predicted octanol–water partition coefficient (Wildman–Crippen LogP) is 3.75. The molecule has 0 saturated heterocycles. The summed E-state index contributed by atoms with van der Waals surface area (Å²) in [6.45, 7) is 6.14. The van der Waals surface area contributed by atoms with Gasteiger partial charge in [-0.3, -0.25) is 4.79 Å². The van der Waals surface area contributed by atoms with Crippen LogP contribution in [0.25, 0.3) is 0 Å². The summed E-state index contributed by atoms with van der Waals surface area (Å²) in [6.07, 6.45) is 2.55. The van der Waals surface area contributed by atoms with Crippen molar-refractivity contribution in [3.8, 4) is 0 Å². The van der Waals surface area contributed by atoms with E-state index in [9.17, 15) is 4.79 Å². The monoisotopic (exact) mass is 292 g/mol. The topological polar surface area (TPSA) is 41.5 Å². The molecular weight excluding hydrogens is 276 g/mol. The minimum Gasteiger partial charge on any atom is -0.267 e. The van der Waals surface area contributed by atoms with Gasteiger partial charge >= 0.3 is 0 Å². The summed E-state index contributed by atoms with van der Waals surface area (Å²) in [5, 5.41) is 5.90. The average Bonchev–Trinajstić information content (AvgIpc) is 2.95. The molecule has 0 unspecified atom stereocenters. The maximum absolute atomic E-state index is 12.0. The maximum atomic E-state index is 12.0. The Balaban J connectivity index is 2.03. The van der Waals surface area contributed by atoms with E-state index < -0.39 is 0 Å². The van der Waals surface area contributed by atoms with Crippen molar-refractivity contribution in [2.45, 2.75) is 27.2 Å². The number of hydrogen-bond donors (Lipinski definition) is 1. The van der Waals surface area contributed by atoms with Gasteiger partial charge in [0.1, 0.15) is 0 Å². The summed E-state index contributed by atoms with van der Waals surface area (Å²) in [7, 11) is 0. The van der Waals surface area contributed by atoms with E-state index in [0.717, 1.165) is 22.4 Å². The van der Waals surface area contributed by atoms with Crippen molar-refractivity contribution in [1.29, 1.82) is 0 Å². The average molecular weight is 292 g/mol. The van der Waals surface area contributed by atoms with E-state index in [2.05, 4.69) is 17.5 Å². The first-order valence-corrected chi connectivity index (χ1v) is 7.78. The number of nitrogens with zero attached hydrogens (tertiary/aromatic N) is 1. The number of thiophene rings is 2. The molecule has 0 saturated carbocycles. The number of hydrogen-bond acceptors (Lipinski definition) is 4. The number of aryl methyl sites for hydroxylation is 2. The first-order chi connectivity index (χ1) is 9.11. The zero-order valence-electron chi connectivity index (χ0n) is 11.2.